The van der Waals surface area contributed by atoms with E-state index in [-0.39, 0.29) is 34.6 Å². The summed E-state index contributed by atoms with van der Waals surface area (Å²) in [5.74, 6) is -0.163. The summed E-state index contributed by atoms with van der Waals surface area (Å²) in [6.45, 7) is 1.14. The molecule has 1 unspecified atom stereocenters. The molecule has 1 saturated heterocycles. The summed E-state index contributed by atoms with van der Waals surface area (Å²) >= 11 is 0. The molecular weight excluding hydrogens is 292 g/mol. The van der Waals surface area contributed by atoms with Gasteiger partial charge in [0, 0.05) is 37.2 Å². The Morgan fingerprint density at radius 1 is 1.43 bits per heavy atom. The van der Waals surface area contributed by atoms with Crippen LogP contribution in [0.25, 0.3) is 0 Å². The van der Waals surface area contributed by atoms with Crippen molar-refractivity contribution in [2.24, 2.45) is 5.92 Å². The van der Waals surface area contributed by atoms with Crippen molar-refractivity contribution in [2.75, 3.05) is 31.7 Å². The van der Waals surface area contributed by atoms with E-state index in [0.717, 1.165) is 19.1 Å². The van der Waals surface area contributed by atoms with Crippen molar-refractivity contribution in [2.45, 2.75) is 17.7 Å². The Labute approximate surface area is 124 Å². The number of anilines is 1. The molecule has 1 aromatic rings. The highest BCUT2D eigenvalue weighted by atomic mass is 32.2. The van der Waals surface area contributed by atoms with Gasteiger partial charge < -0.3 is 15.7 Å². The van der Waals surface area contributed by atoms with Crippen LogP contribution in [0.5, 0.6) is 0 Å². The molecule has 1 fully saturated rings. The topological polar surface area (TPSA) is 101 Å². The Kier molecular flexibility index (Phi) is 4.53. The minimum atomic E-state index is -3.42. The van der Waals surface area contributed by atoms with Gasteiger partial charge in [-0.1, -0.05) is 0 Å². The number of aliphatic hydroxyl groups excluding tert-OH is 1. The highest BCUT2D eigenvalue weighted by Crippen LogP contribution is 2.21. The quantitative estimate of drug-likeness (QED) is 0.792. The van der Waals surface area contributed by atoms with E-state index in [1.54, 1.807) is 4.90 Å². The molecule has 1 heterocycles. The Balaban J connectivity index is 2.29. The normalized spacial score (nSPS) is 19.5. The second kappa shape index (κ2) is 6.03. The Hall–Kier alpha value is -1.60. The van der Waals surface area contributed by atoms with Gasteiger partial charge in [-0.15, -0.1) is 0 Å². The maximum Gasteiger partial charge on any atom is 0.253 e. The third-order valence-corrected chi connectivity index (χ3v) is 4.76. The number of hydrogen-bond donors (Lipinski definition) is 2. The van der Waals surface area contributed by atoms with Crippen molar-refractivity contribution in [3.05, 3.63) is 23.8 Å². The van der Waals surface area contributed by atoms with Crippen molar-refractivity contribution in [3.8, 4) is 0 Å². The lowest BCUT2D eigenvalue weighted by atomic mass is 9.98. The largest absolute Gasteiger partial charge is 0.399 e. The Morgan fingerprint density at radius 3 is 2.76 bits per heavy atom. The lowest BCUT2D eigenvalue weighted by Gasteiger charge is -2.32. The van der Waals surface area contributed by atoms with Gasteiger partial charge in [0.05, 0.1) is 4.90 Å². The number of benzene rings is 1. The molecule has 1 aliphatic heterocycles. The molecule has 21 heavy (non-hydrogen) atoms. The van der Waals surface area contributed by atoms with E-state index in [1.165, 1.54) is 18.2 Å². The van der Waals surface area contributed by atoms with Gasteiger partial charge in [0.1, 0.15) is 0 Å². The molecular formula is C14H20N2O4S. The third-order valence-electron chi connectivity index (χ3n) is 3.67. The first kappa shape index (κ1) is 15.8. The number of amides is 1. The van der Waals surface area contributed by atoms with Crippen molar-refractivity contribution in [1.82, 2.24) is 4.90 Å². The van der Waals surface area contributed by atoms with E-state index < -0.39 is 9.84 Å². The number of piperidine rings is 1. The number of likely N-dealkylation sites (tertiary alicyclic amines) is 1. The van der Waals surface area contributed by atoms with Gasteiger partial charge in [0.15, 0.2) is 9.84 Å². The van der Waals surface area contributed by atoms with Gasteiger partial charge in [-0.25, -0.2) is 8.42 Å². The Bertz CT molecular complexity index is 642. The summed E-state index contributed by atoms with van der Waals surface area (Å²) in [7, 11) is -3.42. The fourth-order valence-corrected chi connectivity index (χ4v) is 3.23. The lowest BCUT2D eigenvalue weighted by Crippen LogP contribution is -2.41. The van der Waals surface area contributed by atoms with E-state index in [9.17, 15) is 18.3 Å². The predicted octanol–water partition coefficient (Wildman–Crippen LogP) is 0.517. The maximum atomic E-state index is 12.5. The van der Waals surface area contributed by atoms with Crippen LogP contribution in [-0.2, 0) is 9.84 Å². The summed E-state index contributed by atoms with van der Waals surface area (Å²) in [4.78, 5) is 14.2. The third kappa shape index (κ3) is 3.74. The highest BCUT2D eigenvalue weighted by Gasteiger charge is 2.25. The van der Waals surface area contributed by atoms with Crippen LogP contribution in [0.15, 0.2) is 23.1 Å². The second-order valence-electron chi connectivity index (χ2n) is 5.50. The van der Waals surface area contributed by atoms with Gasteiger partial charge in [0.25, 0.3) is 5.91 Å². The zero-order valence-electron chi connectivity index (χ0n) is 11.9. The number of nitrogen functional groups attached to an aromatic ring is 1. The number of sulfone groups is 1. The molecule has 6 nitrogen and oxygen atoms in total. The summed E-state index contributed by atoms with van der Waals surface area (Å²) in [6, 6.07) is 4.19. The van der Waals surface area contributed by atoms with Crippen LogP contribution in [0.3, 0.4) is 0 Å². The molecule has 0 aromatic heterocycles. The van der Waals surface area contributed by atoms with Crippen LogP contribution in [-0.4, -0.2) is 50.3 Å². The number of rotatable bonds is 3. The molecule has 116 valence electrons. The molecule has 0 aliphatic carbocycles. The standard InChI is InChI=1S/C14H20N2O4S/c1-21(19,20)13-6-11(5-12(15)7-13)14(18)16-4-2-3-10(8-16)9-17/h5-7,10,17H,2-4,8-9,15H2,1H3. The summed E-state index contributed by atoms with van der Waals surface area (Å²) in [5, 5.41) is 9.22. The molecule has 7 heteroatoms. The van der Waals surface area contributed by atoms with Gasteiger partial charge >= 0.3 is 0 Å². The molecule has 3 N–H and O–H groups in total. The van der Waals surface area contributed by atoms with Crippen molar-refractivity contribution < 1.29 is 18.3 Å². The van der Waals surface area contributed by atoms with E-state index in [4.69, 9.17) is 5.73 Å². The number of nitrogens with two attached hydrogens (primary N) is 1. The molecule has 1 aliphatic rings. The first-order valence-corrected chi connectivity index (χ1v) is 8.71. The van der Waals surface area contributed by atoms with Crippen LogP contribution in [0.1, 0.15) is 23.2 Å². The predicted molar refractivity (Wildman–Crippen MR) is 79.7 cm³/mol. The molecule has 1 aromatic carbocycles. The van der Waals surface area contributed by atoms with Gasteiger partial charge in [-0.2, -0.15) is 0 Å². The number of carbonyl (C=O) groups excluding carboxylic acids is 1. The van der Waals surface area contributed by atoms with Crippen molar-refractivity contribution in [3.63, 3.8) is 0 Å². The first-order valence-electron chi connectivity index (χ1n) is 6.82. The second-order valence-corrected chi connectivity index (χ2v) is 7.52. The van der Waals surface area contributed by atoms with E-state index in [0.29, 0.717) is 13.1 Å². The Morgan fingerprint density at radius 2 is 2.14 bits per heavy atom. The van der Waals surface area contributed by atoms with Crippen LogP contribution in [0.4, 0.5) is 5.69 Å². The minimum Gasteiger partial charge on any atom is -0.399 e. The van der Waals surface area contributed by atoms with Crippen LogP contribution in [0.2, 0.25) is 0 Å². The summed E-state index contributed by atoms with van der Waals surface area (Å²) in [5.41, 5.74) is 6.22. The van der Waals surface area contributed by atoms with E-state index in [1.807, 2.05) is 0 Å². The lowest BCUT2D eigenvalue weighted by molar-refractivity contribution is 0.0620. The summed E-state index contributed by atoms with van der Waals surface area (Å²) < 4.78 is 23.2. The monoisotopic (exact) mass is 312 g/mol. The summed E-state index contributed by atoms with van der Waals surface area (Å²) in [6.07, 6.45) is 2.81. The number of nitrogens with zero attached hydrogens (tertiary/aromatic N) is 1. The SMILES string of the molecule is CS(=O)(=O)c1cc(N)cc(C(=O)N2CCCC(CO)C2)c1. The average Bonchev–Trinajstić information content (AvgIpc) is 2.45. The van der Waals surface area contributed by atoms with E-state index >= 15 is 0 Å². The van der Waals surface area contributed by atoms with Crippen molar-refractivity contribution >= 4 is 21.4 Å². The molecule has 0 bridgehead atoms. The van der Waals surface area contributed by atoms with Crippen molar-refractivity contribution in [1.29, 1.82) is 0 Å². The zero-order valence-corrected chi connectivity index (χ0v) is 12.8. The smallest absolute Gasteiger partial charge is 0.253 e. The molecule has 1 amide bonds. The fourth-order valence-electron chi connectivity index (χ4n) is 2.54. The van der Waals surface area contributed by atoms with Gasteiger partial charge in [-0.05, 0) is 37.0 Å². The van der Waals surface area contributed by atoms with E-state index in [2.05, 4.69) is 0 Å². The molecule has 0 radical (unpaired) electrons. The maximum absolute atomic E-state index is 12.5. The highest BCUT2D eigenvalue weighted by molar-refractivity contribution is 7.90. The number of aliphatic hydroxyl groups is 1. The molecule has 0 spiro atoms. The minimum absolute atomic E-state index is 0.0431. The van der Waals surface area contributed by atoms with Gasteiger partial charge in [-0.3, -0.25) is 4.79 Å². The van der Waals surface area contributed by atoms with Crippen LogP contribution >= 0.6 is 0 Å². The number of carbonyl (C=O) groups is 1. The van der Waals surface area contributed by atoms with Crippen LogP contribution in [0, 0.1) is 5.92 Å². The first-order chi connectivity index (χ1) is 9.81. The fraction of sp³-hybridized carbons (Fsp3) is 0.500. The molecule has 1 atom stereocenters. The average molecular weight is 312 g/mol. The number of hydrogen-bond acceptors (Lipinski definition) is 5. The zero-order chi connectivity index (χ0) is 15.6. The molecule has 0 saturated carbocycles. The van der Waals surface area contributed by atoms with Gasteiger partial charge in [0.2, 0.25) is 0 Å². The molecule has 2 rings (SSSR count). The van der Waals surface area contributed by atoms with Crippen LogP contribution < -0.4 is 5.73 Å².